The summed E-state index contributed by atoms with van der Waals surface area (Å²) in [6, 6.07) is 8.20. The Morgan fingerprint density at radius 2 is 2.03 bits per heavy atom. The first-order chi connectivity index (χ1) is 15.1. The number of rotatable bonds is 3. The molecule has 1 atom stereocenters. The first-order valence-corrected chi connectivity index (χ1v) is 11.9. The van der Waals surface area contributed by atoms with Crippen molar-refractivity contribution in [2.75, 3.05) is 0 Å². The van der Waals surface area contributed by atoms with E-state index in [9.17, 15) is 0 Å². The molecule has 1 N–H and O–H groups in total. The number of thiophene rings is 1. The standard InChI is InChI=1S/C25H21Cl2N3S/c1-15-23(16-5-3-2-4-6-18(30-15)9-7-16)22-14-20(19-10-8-17(26)13-21(19)27)24(31-22)25-28-11-12-29-25/h2-5,8,10-14,18H,6-7,9H2,1H3,(H,28,29)/b4-2?,5-3-. The Labute approximate surface area is 195 Å². The van der Waals surface area contributed by atoms with Gasteiger partial charge in [0.05, 0.1) is 10.9 Å². The number of allylic oxidation sites excluding steroid dienone is 5. The minimum atomic E-state index is 0.332. The maximum Gasteiger partial charge on any atom is 0.148 e. The van der Waals surface area contributed by atoms with Gasteiger partial charge in [0.1, 0.15) is 5.82 Å². The second-order valence-corrected chi connectivity index (χ2v) is 9.64. The molecule has 5 rings (SSSR count). The zero-order valence-corrected chi connectivity index (χ0v) is 19.4. The van der Waals surface area contributed by atoms with Crippen LogP contribution in [0.4, 0.5) is 0 Å². The van der Waals surface area contributed by atoms with Crippen LogP contribution in [0.5, 0.6) is 0 Å². The minimum Gasteiger partial charge on any atom is -0.344 e. The summed E-state index contributed by atoms with van der Waals surface area (Å²) in [6.07, 6.45) is 15.4. The highest BCUT2D eigenvalue weighted by molar-refractivity contribution is 7.17. The van der Waals surface area contributed by atoms with Crippen molar-refractivity contribution >= 4 is 45.8 Å². The van der Waals surface area contributed by atoms with Crippen LogP contribution >= 0.6 is 34.5 Å². The SMILES string of the molecule is CC1=NC2CC=C/C=C\C(=C1c1cc(-c3ccc(Cl)cc3Cl)c(-c3ncc[nH]3)s1)CC2. The Bertz CT molecular complexity index is 1250. The molecule has 0 saturated heterocycles. The Morgan fingerprint density at radius 1 is 1.13 bits per heavy atom. The molecule has 156 valence electrons. The molecule has 3 heterocycles. The average Bonchev–Trinajstić information content (AvgIpc) is 3.39. The summed E-state index contributed by atoms with van der Waals surface area (Å²) < 4.78 is 0. The second kappa shape index (κ2) is 8.62. The van der Waals surface area contributed by atoms with Crippen LogP contribution in [0.2, 0.25) is 10.0 Å². The molecule has 0 saturated carbocycles. The van der Waals surface area contributed by atoms with Crippen LogP contribution in [0.15, 0.2) is 71.5 Å². The van der Waals surface area contributed by atoms with Crippen molar-refractivity contribution in [3.63, 3.8) is 0 Å². The molecule has 0 fully saturated rings. The molecule has 0 spiro atoms. The Kier molecular flexibility index (Phi) is 5.70. The number of imidazole rings is 1. The van der Waals surface area contributed by atoms with Crippen molar-refractivity contribution in [3.05, 3.63) is 81.5 Å². The molecule has 1 aromatic carbocycles. The number of hydrogen-bond acceptors (Lipinski definition) is 3. The fourth-order valence-corrected chi connectivity index (χ4v) is 6.00. The normalized spacial score (nSPS) is 19.6. The van der Waals surface area contributed by atoms with Gasteiger partial charge >= 0.3 is 0 Å². The molecule has 6 heteroatoms. The van der Waals surface area contributed by atoms with Gasteiger partial charge in [-0.1, -0.05) is 53.6 Å². The molecule has 1 aliphatic carbocycles. The molecular weight excluding hydrogens is 445 g/mol. The number of halogens is 2. The molecule has 31 heavy (non-hydrogen) atoms. The van der Waals surface area contributed by atoms with Gasteiger partial charge in [-0.05, 0) is 50.0 Å². The topological polar surface area (TPSA) is 41.0 Å². The van der Waals surface area contributed by atoms with E-state index in [1.54, 1.807) is 23.6 Å². The summed E-state index contributed by atoms with van der Waals surface area (Å²) in [5.74, 6) is 0.833. The largest absolute Gasteiger partial charge is 0.344 e. The first kappa shape index (κ1) is 20.5. The minimum absolute atomic E-state index is 0.332. The van der Waals surface area contributed by atoms with Gasteiger partial charge in [-0.25, -0.2) is 4.98 Å². The molecular formula is C25H21Cl2N3S. The lowest BCUT2D eigenvalue weighted by Gasteiger charge is -2.09. The van der Waals surface area contributed by atoms with E-state index in [0.29, 0.717) is 16.1 Å². The summed E-state index contributed by atoms with van der Waals surface area (Å²) in [6.45, 7) is 2.13. The molecule has 2 bridgehead atoms. The molecule has 2 aliphatic rings. The summed E-state index contributed by atoms with van der Waals surface area (Å²) in [5.41, 5.74) is 5.65. The van der Waals surface area contributed by atoms with Crippen molar-refractivity contribution in [3.8, 4) is 21.8 Å². The number of hydrogen-bond donors (Lipinski definition) is 1. The Morgan fingerprint density at radius 3 is 2.84 bits per heavy atom. The number of H-pyrrole nitrogens is 1. The maximum atomic E-state index is 6.61. The highest BCUT2D eigenvalue weighted by Crippen LogP contribution is 2.45. The second-order valence-electron chi connectivity index (χ2n) is 7.75. The number of nitrogens with one attached hydrogen (secondary N) is 1. The van der Waals surface area contributed by atoms with E-state index in [0.717, 1.165) is 46.8 Å². The number of aromatic nitrogens is 2. The quantitative estimate of drug-likeness (QED) is 0.417. The van der Waals surface area contributed by atoms with Gasteiger partial charge in [0, 0.05) is 49.7 Å². The van der Waals surface area contributed by atoms with E-state index in [2.05, 4.69) is 47.3 Å². The van der Waals surface area contributed by atoms with E-state index >= 15 is 0 Å². The van der Waals surface area contributed by atoms with Crippen LogP contribution in [0.3, 0.4) is 0 Å². The zero-order valence-electron chi connectivity index (χ0n) is 17.0. The fourth-order valence-electron chi connectivity index (χ4n) is 4.23. The van der Waals surface area contributed by atoms with E-state index in [1.807, 2.05) is 18.3 Å². The van der Waals surface area contributed by atoms with Crippen LogP contribution in [0, 0.1) is 0 Å². The highest BCUT2D eigenvalue weighted by Gasteiger charge is 2.24. The van der Waals surface area contributed by atoms with E-state index in [1.165, 1.54) is 16.0 Å². The maximum absolute atomic E-state index is 6.61. The molecule has 2 aromatic heterocycles. The summed E-state index contributed by atoms with van der Waals surface area (Å²) >= 11 is 14.5. The van der Waals surface area contributed by atoms with Crippen molar-refractivity contribution < 1.29 is 0 Å². The molecule has 3 nitrogen and oxygen atoms in total. The number of aromatic amines is 1. The third kappa shape index (κ3) is 4.08. The van der Waals surface area contributed by atoms with Crippen molar-refractivity contribution in [1.82, 2.24) is 9.97 Å². The third-order valence-corrected chi connectivity index (χ3v) is 7.38. The van der Waals surface area contributed by atoms with Crippen LogP contribution in [-0.2, 0) is 0 Å². The summed E-state index contributed by atoms with van der Waals surface area (Å²) in [7, 11) is 0. The smallest absolute Gasteiger partial charge is 0.148 e. The van der Waals surface area contributed by atoms with E-state index < -0.39 is 0 Å². The average molecular weight is 466 g/mol. The first-order valence-electron chi connectivity index (χ1n) is 10.3. The van der Waals surface area contributed by atoms with Crippen LogP contribution in [0.25, 0.3) is 27.4 Å². The lowest BCUT2D eigenvalue weighted by molar-refractivity contribution is 0.631. The van der Waals surface area contributed by atoms with Crippen molar-refractivity contribution in [2.24, 2.45) is 4.99 Å². The number of benzene rings is 1. The van der Waals surface area contributed by atoms with Gasteiger partial charge < -0.3 is 4.98 Å². The van der Waals surface area contributed by atoms with Gasteiger partial charge in [-0.2, -0.15) is 0 Å². The van der Waals surface area contributed by atoms with Crippen molar-refractivity contribution in [1.29, 1.82) is 0 Å². The molecule has 0 radical (unpaired) electrons. The van der Waals surface area contributed by atoms with Gasteiger partial charge in [-0.3, -0.25) is 4.99 Å². The summed E-state index contributed by atoms with van der Waals surface area (Å²) in [5, 5.41) is 1.25. The van der Waals surface area contributed by atoms with Gasteiger partial charge in [0.25, 0.3) is 0 Å². The lowest BCUT2D eigenvalue weighted by Crippen LogP contribution is -2.04. The summed E-state index contributed by atoms with van der Waals surface area (Å²) in [4.78, 5) is 15.1. The zero-order chi connectivity index (χ0) is 21.4. The molecule has 1 aliphatic heterocycles. The number of aliphatic imine (C=N–C) groups is 1. The van der Waals surface area contributed by atoms with Gasteiger partial charge in [0.2, 0.25) is 0 Å². The monoisotopic (exact) mass is 465 g/mol. The fraction of sp³-hybridized carbons (Fsp3) is 0.200. The van der Waals surface area contributed by atoms with Gasteiger partial charge in [-0.15, -0.1) is 11.3 Å². The molecule has 1 unspecified atom stereocenters. The molecule has 0 amide bonds. The van der Waals surface area contributed by atoms with Crippen LogP contribution in [-0.4, -0.2) is 21.7 Å². The number of nitrogens with zero attached hydrogens (tertiary/aromatic N) is 2. The van der Waals surface area contributed by atoms with Crippen molar-refractivity contribution in [2.45, 2.75) is 32.2 Å². The Balaban J connectivity index is 1.73. The lowest BCUT2D eigenvalue weighted by atomic mass is 9.97. The predicted molar refractivity (Wildman–Crippen MR) is 133 cm³/mol. The predicted octanol–water partition coefficient (Wildman–Crippen LogP) is 8.01. The van der Waals surface area contributed by atoms with Crippen LogP contribution in [0.1, 0.15) is 31.1 Å². The van der Waals surface area contributed by atoms with E-state index in [-0.39, 0.29) is 0 Å². The van der Waals surface area contributed by atoms with Crippen LogP contribution < -0.4 is 0 Å². The third-order valence-electron chi connectivity index (χ3n) is 5.67. The van der Waals surface area contributed by atoms with Gasteiger partial charge in [0.15, 0.2) is 0 Å². The van der Waals surface area contributed by atoms with E-state index in [4.69, 9.17) is 28.2 Å². The Hall–Kier alpha value is -2.40. The number of fused-ring (bicyclic) bond motifs is 3. The molecule has 3 aromatic rings. The highest BCUT2D eigenvalue weighted by atomic mass is 35.5.